The van der Waals surface area contributed by atoms with Crippen molar-refractivity contribution in [3.05, 3.63) is 0 Å². The van der Waals surface area contributed by atoms with Crippen LogP contribution in [0, 0.1) is 101 Å². The number of carbonyl (C=O) groups excluding carboxylic acids is 1. The van der Waals surface area contributed by atoms with Crippen LogP contribution in [-0.2, 0) is 9.53 Å². The molecular weight excluding hydrogens is 440 g/mol. The molecule has 0 aromatic carbocycles. The van der Waals surface area contributed by atoms with Crippen molar-refractivity contribution in [2.45, 2.75) is 103 Å². The Morgan fingerprint density at radius 1 is 0.694 bits per heavy atom. The summed E-state index contributed by atoms with van der Waals surface area (Å²) in [6.07, 6.45) is 16.4. The molecule has 9 saturated carbocycles. The van der Waals surface area contributed by atoms with Gasteiger partial charge in [0, 0.05) is 0 Å². The van der Waals surface area contributed by atoms with Gasteiger partial charge in [0.2, 0.25) is 0 Å². The maximum absolute atomic E-state index is 13.9. The van der Waals surface area contributed by atoms with Crippen molar-refractivity contribution < 1.29 is 9.53 Å². The Balaban J connectivity index is 0.973. The second-order valence-corrected chi connectivity index (χ2v) is 16.1. The summed E-state index contributed by atoms with van der Waals surface area (Å²) in [4.78, 5) is 13.9. The number of esters is 1. The quantitative estimate of drug-likeness (QED) is 0.293. The molecule has 0 aromatic heterocycles. The van der Waals surface area contributed by atoms with Gasteiger partial charge >= 0.3 is 5.97 Å². The maximum Gasteiger partial charge on any atom is 0.309 e. The van der Waals surface area contributed by atoms with Gasteiger partial charge in [-0.2, -0.15) is 0 Å². The topological polar surface area (TPSA) is 26.3 Å². The third-order valence-corrected chi connectivity index (χ3v) is 15.9. The van der Waals surface area contributed by atoms with Crippen LogP contribution < -0.4 is 0 Å². The lowest BCUT2D eigenvalue weighted by Gasteiger charge is -2.50. The minimum Gasteiger partial charge on any atom is -0.459 e. The van der Waals surface area contributed by atoms with Crippen LogP contribution in [0.5, 0.6) is 0 Å². The molecular formula is C34H50O2. The Morgan fingerprint density at radius 3 is 1.92 bits per heavy atom. The number of ether oxygens (including phenoxy) is 1. The van der Waals surface area contributed by atoms with Gasteiger partial charge in [-0.15, -0.1) is 0 Å². The van der Waals surface area contributed by atoms with E-state index in [1.807, 2.05) is 0 Å². The van der Waals surface area contributed by atoms with E-state index >= 15 is 0 Å². The molecule has 0 saturated heterocycles. The van der Waals surface area contributed by atoms with Crippen molar-refractivity contribution in [2.75, 3.05) is 0 Å². The standard InChI is InChI=1S/C34H50O2/c1-4-17-10-18(5-2)28-24-13-23(27(17)28)31-25-14-26(32(24)31)30-21-11-19(29(25)30)12-22(21)33(35)36-34(6-3)15-16-7-8-20(34)9-16/h16-32H,4-15H2,1-3H3. The number of fused-ring (bicyclic) bond motifs is 21. The van der Waals surface area contributed by atoms with Crippen molar-refractivity contribution in [3.63, 3.8) is 0 Å². The summed E-state index contributed by atoms with van der Waals surface area (Å²) >= 11 is 0. The molecule has 18 unspecified atom stereocenters. The molecule has 0 N–H and O–H groups in total. The minimum atomic E-state index is -0.0892. The Labute approximate surface area is 219 Å². The van der Waals surface area contributed by atoms with Crippen molar-refractivity contribution in [2.24, 2.45) is 101 Å². The van der Waals surface area contributed by atoms with Crippen molar-refractivity contribution in [1.29, 1.82) is 0 Å². The highest BCUT2D eigenvalue weighted by atomic mass is 16.6. The Kier molecular flexibility index (Phi) is 4.56. The monoisotopic (exact) mass is 490 g/mol. The van der Waals surface area contributed by atoms with Gasteiger partial charge in [0.05, 0.1) is 5.92 Å². The highest BCUT2D eigenvalue weighted by Gasteiger charge is 2.76. The fourth-order valence-electron chi connectivity index (χ4n) is 15.4. The highest BCUT2D eigenvalue weighted by Crippen LogP contribution is 2.80. The molecule has 0 amide bonds. The number of carbonyl (C=O) groups is 1. The van der Waals surface area contributed by atoms with E-state index in [0.717, 1.165) is 89.3 Å². The molecule has 0 aromatic rings. The minimum absolute atomic E-state index is 0.0892. The fourth-order valence-corrected chi connectivity index (χ4v) is 15.4. The molecule has 2 heteroatoms. The van der Waals surface area contributed by atoms with Gasteiger partial charge in [-0.3, -0.25) is 4.79 Å². The Morgan fingerprint density at radius 2 is 1.33 bits per heavy atom. The number of rotatable bonds is 5. The normalized spacial score (nSPS) is 64.4. The second-order valence-electron chi connectivity index (χ2n) is 16.1. The lowest BCUT2D eigenvalue weighted by atomic mass is 9.55. The van der Waals surface area contributed by atoms with Crippen molar-refractivity contribution >= 4 is 5.97 Å². The summed E-state index contributed by atoms with van der Waals surface area (Å²) in [7, 11) is 0. The first-order valence-corrected chi connectivity index (χ1v) is 16.8. The second kappa shape index (κ2) is 7.35. The lowest BCUT2D eigenvalue weighted by Crippen LogP contribution is -2.48. The van der Waals surface area contributed by atoms with Crippen LogP contribution in [0.4, 0.5) is 0 Å². The summed E-state index contributed by atoms with van der Waals surface area (Å²) in [5, 5.41) is 0. The van der Waals surface area contributed by atoms with Crippen LogP contribution in [0.3, 0.4) is 0 Å². The van der Waals surface area contributed by atoms with Crippen LogP contribution in [-0.4, -0.2) is 11.6 Å². The van der Waals surface area contributed by atoms with Crippen molar-refractivity contribution in [1.82, 2.24) is 0 Å². The third-order valence-electron chi connectivity index (χ3n) is 15.9. The van der Waals surface area contributed by atoms with Crippen LogP contribution in [0.1, 0.15) is 97.8 Å². The van der Waals surface area contributed by atoms with Gasteiger partial charge < -0.3 is 4.74 Å². The van der Waals surface area contributed by atoms with E-state index in [1.165, 1.54) is 51.4 Å². The molecule has 0 spiro atoms. The van der Waals surface area contributed by atoms with Crippen LogP contribution in [0.25, 0.3) is 0 Å². The van der Waals surface area contributed by atoms with Gasteiger partial charge in [-0.05, 0) is 159 Å². The molecule has 9 aliphatic rings. The summed E-state index contributed by atoms with van der Waals surface area (Å²) in [6.45, 7) is 7.28. The van der Waals surface area contributed by atoms with E-state index in [2.05, 4.69) is 20.8 Å². The van der Waals surface area contributed by atoms with Crippen molar-refractivity contribution in [3.8, 4) is 0 Å². The molecule has 0 heterocycles. The Bertz CT molecular complexity index is 957. The number of hydrogen-bond donors (Lipinski definition) is 0. The lowest BCUT2D eigenvalue weighted by molar-refractivity contribution is -0.175. The van der Waals surface area contributed by atoms with Gasteiger partial charge in [-0.25, -0.2) is 0 Å². The molecule has 198 valence electrons. The predicted molar refractivity (Wildman–Crippen MR) is 141 cm³/mol. The van der Waals surface area contributed by atoms with E-state index < -0.39 is 0 Å². The summed E-state index contributed by atoms with van der Waals surface area (Å²) < 4.78 is 6.65. The van der Waals surface area contributed by atoms with Gasteiger partial charge in [0.15, 0.2) is 0 Å². The zero-order valence-corrected chi connectivity index (χ0v) is 23.1. The molecule has 9 aliphatic carbocycles. The van der Waals surface area contributed by atoms with E-state index in [4.69, 9.17) is 4.74 Å². The molecule has 2 nitrogen and oxygen atoms in total. The molecule has 9 rings (SSSR count). The predicted octanol–water partition coefficient (Wildman–Crippen LogP) is 7.61. The Hall–Kier alpha value is -0.530. The fraction of sp³-hybridized carbons (Fsp3) is 0.971. The van der Waals surface area contributed by atoms with E-state index in [0.29, 0.717) is 11.8 Å². The van der Waals surface area contributed by atoms with E-state index in [9.17, 15) is 4.79 Å². The van der Waals surface area contributed by atoms with E-state index in [-0.39, 0.29) is 17.5 Å². The van der Waals surface area contributed by atoms with Crippen LogP contribution >= 0.6 is 0 Å². The molecule has 0 radical (unpaired) electrons. The molecule has 18 atom stereocenters. The molecule has 36 heavy (non-hydrogen) atoms. The van der Waals surface area contributed by atoms with Crippen LogP contribution in [0.2, 0.25) is 0 Å². The first-order valence-electron chi connectivity index (χ1n) is 16.8. The average Bonchev–Trinajstić information content (AvgIpc) is 3.70. The van der Waals surface area contributed by atoms with Gasteiger partial charge in [0.1, 0.15) is 5.60 Å². The third kappa shape index (κ3) is 2.47. The smallest absolute Gasteiger partial charge is 0.309 e. The van der Waals surface area contributed by atoms with Gasteiger partial charge in [-0.1, -0.05) is 33.6 Å². The molecule has 0 aliphatic heterocycles. The molecule has 9 fully saturated rings. The zero-order valence-electron chi connectivity index (χ0n) is 23.1. The summed E-state index contributed by atoms with van der Waals surface area (Å²) in [6, 6.07) is 0. The maximum atomic E-state index is 13.9. The first kappa shape index (κ1) is 22.3. The van der Waals surface area contributed by atoms with E-state index in [1.54, 1.807) is 19.3 Å². The SMILES string of the molecule is CCC1CC(CC)C2C3CC(C12)C1C2CC(C4C5CC(CC5C(=O)OC5(CC)CC6CCC5C6)C24)C31. The average molecular weight is 491 g/mol. The number of hydrogen-bond acceptors (Lipinski definition) is 2. The summed E-state index contributed by atoms with van der Waals surface area (Å²) in [5.74, 6) is 16.0. The first-order chi connectivity index (χ1) is 17.6. The van der Waals surface area contributed by atoms with Gasteiger partial charge in [0.25, 0.3) is 0 Å². The molecule has 8 bridgehead atoms. The van der Waals surface area contributed by atoms with Crippen LogP contribution in [0.15, 0.2) is 0 Å². The largest absolute Gasteiger partial charge is 0.459 e. The summed E-state index contributed by atoms with van der Waals surface area (Å²) in [5.41, 5.74) is -0.0892. The highest BCUT2D eigenvalue weighted by molar-refractivity contribution is 5.74. The zero-order chi connectivity index (χ0) is 24.1.